The second kappa shape index (κ2) is 10.3. The second-order valence-corrected chi connectivity index (χ2v) is 9.90. The molecule has 3 aromatic rings. The lowest BCUT2D eigenvalue weighted by atomic mass is 10.1. The van der Waals surface area contributed by atoms with Gasteiger partial charge < -0.3 is 20.5 Å². The van der Waals surface area contributed by atoms with E-state index in [0.29, 0.717) is 18.8 Å². The van der Waals surface area contributed by atoms with Gasteiger partial charge in [0, 0.05) is 18.8 Å². The van der Waals surface area contributed by atoms with E-state index >= 15 is 0 Å². The van der Waals surface area contributed by atoms with Crippen molar-refractivity contribution in [3.63, 3.8) is 0 Å². The molecule has 4 rings (SSSR count). The van der Waals surface area contributed by atoms with Crippen LogP contribution in [-0.2, 0) is 26.1 Å². The first-order valence-electron chi connectivity index (χ1n) is 10.9. The van der Waals surface area contributed by atoms with E-state index in [2.05, 4.69) is 20.3 Å². The van der Waals surface area contributed by atoms with Crippen LogP contribution in [0.2, 0.25) is 0 Å². The number of esters is 1. The number of carbonyl (C=O) groups excluding carboxylic acids is 1. The van der Waals surface area contributed by atoms with Crippen molar-refractivity contribution < 1.29 is 22.7 Å². The van der Waals surface area contributed by atoms with Gasteiger partial charge in [0.2, 0.25) is 21.9 Å². The summed E-state index contributed by atoms with van der Waals surface area (Å²) < 4.78 is 38.1. The smallest absolute Gasteiger partial charge is 0.338 e. The molecule has 0 unspecified atom stereocenters. The number of ether oxygens (including phenoxy) is 2. The molecule has 35 heavy (non-hydrogen) atoms. The molecular weight excluding hydrogens is 472 g/mol. The van der Waals surface area contributed by atoms with Gasteiger partial charge in [-0.2, -0.15) is 19.3 Å². The third-order valence-corrected chi connectivity index (χ3v) is 7.39. The number of rotatable bonds is 7. The number of nitrogens with one attached hydrogen (secondary N) is 1. The Bertz CT molecular complexity index is 1320. The molecule has 0 spiro atoms. The van der Waals surface area contributed by atoms with Crippen molar-refractivity contribution in [2.24, 2.45) is 0 Å². The summed E-state index contributed by atoms with van der Waals surface area (Å²) in [6, 6.07) is 12.0. The first kappa shape index (κ1) is 24.5. The van der Waals surface area contributed by atoms with Crippen molar-refractivity contribution in [1.29, 1.82) is 0 Å². The Kier molecular flexibility index (Phi) is 7.24. The minimum atomic E-state index is -3.77. The van der Waals surface area contributed by atoms with Gasteiger partial charge in [0.15, 0.2) is 12.4 Å². The number of aryl methyl sites for hydroxylation is 2. The molecule has 0 saturated carbocycles. The molecule has 1 aromatic heterocycles. The van der Waals surface area contributed by atoms with Crippen molar-refractivity contribution in [3.05, 3.63) is 65.0 Å². The summed E-state index contributed by atoms with van der Waals surface area (Å²) >= 11 is 0. The molecule has 2 aromatic carbocycles. The van der Waals surface area contributed by atoms with Crippen LogP contribution in [0, 0.1) is 13.8 Å². The van der Waals surface area contributed by atoms with E-state index < -0.39 is 16.0 Å². The molecule has 12 heteroatoms. The lowest BCUT2D eigenvalue weighted by molar-refractivity contribution is 0.0462. The van der Waals surface area contributed by atoms with Gasteiger partial charge in [-0.3, -0.25) is 0 Å². The van der Waals surface area contributed by atoms with Crippen molar-refractivity contribution in [2.45, 2.75) is 25.3 Å². The van der Waals surface area contributed by atoms with Crippen molar-refractivity contribution in [1.82, 2.24) is 19.3 Å². The second-order valence-electron chi connectivity index (χ2n) is 8.00. The maximum absolute atomic E-state index is 13.1. The third kappa shape index (κ3) is 5.91. The van der Waals surface area contributed by atoms with E-state index in [0.717, 1.165) is 11.3 Å². The van der Waals surface area contributed by atoms with Crippen LogP contribution in [0.25, 0.3) is 0 Å². The summed E-state index contributed by atoms with van der Waals surface area (Å²) in [5, 5.41) is 3.03. The molecular formula is C23H26N6O5S. The summed E-state index contributed by atoms with van der Waals surface area (Å²) in [7, 11) is -3.77. The van der Waals surface area contributed by atoms with Gasteiger partial charge >= 0.3 is 5.97 Å². The number of sulfonamides is 1. The van der Waals surface area contributed by atoms with Gasteiger partial charge in [0.1, 0.15) is 0 Å². The normalized spacial score (nSPS) is 14.5. The number of morpholine rings is 1. The number of anilines is 3. The number of hydrogen-bond donors (Lipinski definition) is 2. The van der Waals surface area contributed by atoms with Gasteiger partial charge in [-0.1, -0.05) is 23.8 Å². The molecule has 1 aliphatic heterocycles. The number of hydrogen-bond acceptors (Lipinski definition) is 10. The molecule has 0 aliphatic carbocycles. The summed E-state index contributed by atoms with van der Waals surface area (Å²) in [6.07, 6.45) is 0. The molecule has 0 bridgehead atoms. The minimum absolute atomic E-state index is 0.0325. The molecule has 11 nitrogen and oxygen atoms in total. The monoisotopic (exact) mass is 498 g/mol. The minimum Gasteiger partial charge on any atom is -0.454 e. The fourth-order valence-corrected chi connectivity index (χ4v) is 5.13. The molecule has 0 radical (unpaired) electrons. The van der Waals surface area contributed by atoms with Crippen LogP contribution in [0.4, 0.5) is 17.6 Å². The summed E-state index contributed by atoms with van der Waals surface area (Å²) in [5.74, 6) is -0.388. The van der Waals surface area contributed by atoms with Crippen LogP contribution < -0.4 is 11.1 Å². The van der Waals surface area contributed by atoms with Crippen LogP contribution >= 0.6 is 0 Å². The van der Waals surface area contributed by atoms with E-state index in [1.165, 1.54) is 16.4 Å². The quantitative estimate of drug-likeness (QED) is 0.464. The Morgan fingerprint density at radius 3 is 2.51 bits per heavy atom. The van der Waals surface area contributed by atoms with Crippen LogP contribution in [-0.4, -0.2) is 59.9 Å². The lowest BCUT2D eigenvalue weighted by Crippen LogP contribution is -2.40. The molecule has 184 valence electrons. The molecule has 1 fully saturated rings. The van der Waals surface area contributed by atoms with Crippen molar-refractivity contribution in [3.8, 4) is 0 Å². The van der Waals surface area contributed by atoms with Crippen LogP contribution in [0.5, 0.6) is 0 Å². The summed E-state index contributed by atoms with van der Waals surface area (Å²) in [5.41, 5.74) is 8.29. The zero-order valence-electron chi connectivity index (χ0n) is 19.4. The Hall–Kier alpha value is -3.61. The number of nitrogen functional groups attached to an aromatic ring is 1. The van der Waals surface area contributed by atoms with Crippen molar-refractivity contribution >= 4 is 33.6 Å². The zero-order chi connectivity index (χ0) is 25.0. The van der Waals surface area contributed by atoms with Gasteiger partial charge in [-0.25, -0.2) is 13.2 Å². The maximum Gasteiger partial charge on any atom is 0.338 e. The van der Waals surface area contributed by atoms with E-state index in [1.807, 2.05) is 31.2 Å². The topological polar surface area (TPSA) is 150 Å². The summed E-state index contributed by atoms with van der Waals surface area (Å²) in [6.45, 7) is 4.57. The third-order valence-electron chi connectivity index (χ3n) is 5.35. The number of benzene rings is 2. The number of aromatic nitrogens is 3. The average Bonchev–Trinajstić information content (AvgIpc) is 2.84. The highest BCUT2D eigenvalue weighted by Gasteiger charge is 2.28. The first-order chi connectivity index (χ1) is 16.7. The molecule has 1 aliphatic rings. The van der Waals surface area contributed by atoms with Crippen LogP contribution in [0.1, 0.15) is 27.3 Å². The van der Waals surface area contributed by atoms with Crippen molar-refractivity contribution in [2.75, 3.05) is 37.4 Å². The standard InChI is InChI=1S/C23H26N6O5S/c1-15-3-7-18(8-4-15)25-23-27-20(26-22(24)28-23)14-34-21(30)17-6-5-16(2)19(13-17)35(31,32)29-9-11-33-12-10-29/h3-8,13H,9-12,14H2,1-2H3,(H3,24,25,26,27,28). The van der Waals surface area contributed by atoms with Gasteiger partial charge in [-0.05, 0) is 43.7 Å². The largest absolute Gasteiger partial charge is 0.454 e. The molecule has 2 heterocycles. The van der Waals surface area contributed by atoms with E-state index in [-0.39, 0.29) is 47.9 Å². The highest BCUT2D eigenvalue weighted by molar-refractivity contribution is 7.89. The van der Waals surface area contributed by atoms with Gasteiger partial charge in [0.05, 0.1) is 23.7 Å². The highest BCUT2D eigenvalue weighted by atomic mass is 32.2. The molecule has 0 atom stereocenters. The lowest BCUT2D eigenvalue weighted by Gasteiger charge is -2.26. The molecule has 0 amide bonds. The van der Waals surface area contributed by atoms with E-state index in [1.54, 1.807) is 13.0 Å². The SMILES string of the molecule is Cc1ccc(Nc2nc(N)nc(COC(=O)c3ccc(C)c(S(=O)(=O)N4CCOCC4)c3)n2)cc1. The Morgan fingerprint density at radius 1 is 1.09 bits per heavy atom. The van der Waals surface area contributed by atoms with Crippen LogP contribution in [0.3, 0.4) is 0 Å². The van der Waals surface area contributed by atoms with E-state index in [9.17, 15) is 13.2 Å². The Labute approximate surface area is 203 Å². The zero-order valence-corrected chi connectivity index (χ0v) is 20.2. The van der Waals surface area contributed by atoms with Gasteiger partial charge in [0.25, 0.3) is 0 Å². The predicted octanol–water partition coefficient (Wildman–Crippen LogP) is 2.19. The Morgan fingerprint density at radius 2 is 1.80 bits per heavy atom. The predicted molar refractivity (Wildman–Crippen MR) is 129 cm³/mol. The Balaban J connectivity index is 1.47. The maximum atomic E-state index is 13.1. The fraction of sp³-hybridized carbons (Fsp3) is 0.304. The average molecular weight is 499 g/mol. The highest BCUT2D eigenvalue weighted by Crippen LogP contribution is 2.23. The fourth-order valence-electron chi connectivity index (χ4n) is 3.47. The van der Waals surface area contributed by atoms with Crippen LogP contribution in [0.15, 0.2) is 47.4 Å². The summed E-state index contributed by atoms with van der Waals surface area (Å²) in [4.78, 5) is 25.1. The van der Waals surface area contributed by atoms with Gasteiger partial charge in [-0.15, -0.1) is 0 Å². The number of nitrogens with two attached hydrogens (primary N) is 1. The molecule has 3 N–H and O–H groups in total. The first-order valence-corrected chi connectivity index (χ1v) is 12.4. The van der Waals surface area contributed by atoms with E-state index in [4.69, 9.17) is 15.2 Å². The number of nitrogens with zero attached hydrogens (tertiary/aromatic N) is 4. The molecule has 1 saturated heterocycles. The number of carbonyl (C=O) groups is 1.